The van der Waals surface area contributed by atoms with Crippen molar-refractivity contribution < 1.29 is 4.79 Å². The van der Waals surface area contributed by atoms with E-state index in [1.165, 1.54) is 16.3 Å². The van der Waals surface area contributed by atoms with Gasteiger partial charge in [0.05, 0.1) is 11.4 Å². The molecule has 0 bridgehead atoms. The van der Waals surface area contributed by atoms with Crippen molar-refractivity contribution in [1.29, 1.82) is 5.26 Å². The molecule has 0 aliphatic heterocycles. The van der Waals surface area contributed by atoms with Crippen LogP contribution in [0.3, 0.4) is 0 Å². The molecule has 0 N–H and O–H groups in total. The van der Waals surface area contributed by atoms with E-state index in [-0.39, 0.29) is 17.1 Å². The maximum atomic E-state index is 12.7. The Balaban J connectivity index is 1.84. The highest BCUT2D eigenvalue weighted by Gasteiger charge is 2.22. The number of Topliss-reactive ketones (excluding diaryl/α,β-unsaturated/α-hetero) is 1. The van der Waals surface area contributed by atoms with Gasteiger partial charge in [-0.1, -0.05) is 72.4 Å². The van der Waals surface area contributed by atoms with Crippen LogP contribution < -0.4 is 5.56 Å². The first-order valence-corrected chi connectivity index (χ1v) is 9.75. The van der Waals surface area contributed by atoms with Crippen molar-refractivity contribution in [3.63, 3.8) is 0 Å². The van der Waals surface area contributed by atoms with Gasteiger partial charge in [0.2, 0.25) is 5.78 Å². The van der Waals surface area contributed by atoms with Crippen LogP contribution in [0.2, 0.25) is 0 Å². The maximum absolute atomic E-state index is 12.7. The number of carbonyl (C=O) groups is 1. The monoisotopic (exact) mass is 401 g/mol. The molecule has 142 valence electrons. The Kier molecular flexibility index (Phi) is 4.97. The molecule has 2 aromatic heterocycles. The van der Waals surface area contributed by atoms with Crippen molar-refractivity contribution >= 4 is 23.3 Å². The highest BCUT2D eigenvalue weighted by atomic mass is 32.2. The molecule has 0 fully saturated rings. The zero-order valence-corrected chi connectivity index (χ0v) is 16.3. The molecule has 8 heteroatoms. The minimum atomic E-state index is -0.442. The molecular formula is C21H15N5O2S. The normalized spacial score (nSPS) is 10.8. The Morgan fingerprint density at radius 1 is 1.07 bits per heavy atom. The van der Waals surface area contributed by atoms with Crippen LogP contribution in [0.4, 0.5) is 0 Å². The summed E-state index contributed by atoms with van der Waals surface area (Å²) in [6, 6.07) is 20.2. The maximum Gasteiger partial charge on any atom is 0.273 e. The number of aromatic nitrogens is 4. The van der Waals surface area contributed by atoms with Gasteiger partial charge in [-0.05, 0) is 0 Å². The summed E-state index contributed by atoms with van der Waals surface area (Å²) in [4.78, 5) is 25.2. The summed E-state index contributed by atoms with van der Waals surface area (Å²) >= 11 is 1.22. The van der Waals surface area contributed by atoms with Crippen molar-refractivity contribution in [2.45, 2.75) is 5.16 Å². The Labute approximate surface area is 170 Å². The fraction of sp³-hybridized carbons (Fsp3) is 0.0952. The molecular weight excluding hydrogens is 386 g/mol. The Morgan fingerprint density at radius 2 is 1.72 bits per heavy atom. The number of rotatable bonds is 5. The van der Waals surface area contributed by atoms with Gasteiger partial charge in [-0.2, -0.15) is 5.26 Å². The van der Waals surface area contributed by atoms with Gasteiger partial charge in [-0.15, -0.1) is 10.2 Å². The van der Waals surface area contributed by atoms with E-state index in [0.29, 0.717) is 27.8 Å². The third kappa shape index (κ3) is 3.32. The van der Waals surface area contributed by atoms with Crippen molar-refractivity contribution in [2.24, 2.45) is 7.05 Å². The predicted octanol–water partition coefficient (Wildman–Crippen LogP) is 2.94. The third-order valence-electron chi connectivity index (χ3n) is 4.48. The largest absolute Gasteiger partial charge is 0.293 e. The Hall–Kier alpha value is -3.70. The zero-order chi connectivity index (χ0) is 20.4. The smallest absolute Gasteiger partial charge is 0.273 e. The molecule has 0 saturated carbocycles. The standard InChI is InChI=1S/C21H15N5O2S/c1-25-19(28)16(12-22)18(15-10-6-3-7-11-15)26-20(25)23-24-21(26)29-13-17(27)14-8-4-2-5-9-14/h2-11H,13H2,1H3. The summed E-state index contributed by atoms with van der Waals surface area (Å²) in [5.41, 5.74) is 1.29. The summed E-state index contributed by atoms with van der Waals surface area (Å²) < 4.78 is 2.96. The van der Waals surface area contributed by atoms with Crippen LogP contribution in [0.25, 0.3) is 17.0 Å². The lowest BCUT2D eigenvalue weighted by Gasteiger charge is -2.11. The lowest BCUT2D eigenvalue weighted by atomic mass is 10.1. The van der Waals surface area contributed by atoms with Gasteiger partial charge < -0.3 is 0 Å². The van der Waals surface area contributed by atoms with Crippen molar-refractivity contribution in [3.8, 4) is 17.3 Å². The Bertz CT molecular complexity index is 1300. The number of nitriles is 1. The summed E-state index contributed by atoms with van der Waals surface area (Å²) in [6.07, 6.45) is 0. The highest BCUT2D eigenvalue weighted by Crippen LogP contribution is 2.27. The van der Waals surface area contributed by atoms with Crippen molar-refractivity contribution in [2.75, 3.05) is 5.75 Å². The molecule has 0 saturated heterocycles. The summed E-state index contributed by atoms with van der Waals surface area (Å²) in [5.74, 6) is 0.422. The number of hydrogen-bond acceptors (Lipinski definition) is 6. The van der Waals surface area contributed by atoms with E-state index in [1.807, 2.05) is 54.6 Å². The number of fused-ring (bicyclic) bond motifs is 1. The van der Waals surface area contributed by atoms with Gasteiger partial charge in [-0.25, -0.2) is 0 Å². The molecule has 0 atom stereocenters. The van der Waals surface area contributed by atoms with Crippen molar-refractivity contribution in [3.05, 3.63) is 82.1 Å². The molecule has 0 unspecified atom stereocenters. The quantitative estimate of drug-likeness (QED) is 0.377. The van der Waals surface area contributed by atoms with Gasteiger partial charge >= 0.3 is 0 Å². The molecule has 0 amide bonds. The number of carbonyl (C=O) groups excluding carboxylic acids is 1. The van der Waals surface area contributed by atoms with Gasteiger partial charge in [0.1, 0.15) is 11.6 Å². The van der Waals surface area contributed by atoms with Gasteiger partial charge in [0, 0.05) is 18.2 Å². The van der Waals surface area contributed by atoms with Crippen LogP contribution in [-0.2, 0) is 7.05 Å². The second-order valence-corrected chi connectivity index (χ2v) is 7.20. The van der Waals surface area contributed by atoms with E-state index in [9.17, 15) is 14.9 Å². The van der Waals surface area contributed by atoms with Crippen LogP contribution in [-0.4, -0.2) is 30.7 Å². The second kappa shape index (κ2) is 7.73. The van der Waals surface area contributed by atoms with Crippen molar-refractivity contribution in [1.82, 2.24) is 19.2 Å². The fourth-order valence-electron chi connectivity index (χ4n) is 3.05. The first-order valence-electron chi connectivity index (χ1n) is 8.76. The average Bonchev–Trinajstić information content (AvgIpc) is 3.19. The highest BCUT2D eigenvalue weighted by molar-refractivity contribution is 7.99. The predicted molar refractivity (Wildman–Crippen MR) is 110 cm³/mol. The summed E-state index contributed by atoms with van der Waals surface area (Å²) in [5, 5.41) is 18.4. The molecule has 2 heterocycles. The summed E-state index contributed by atoms with van der Waals surface area (Å²) in [7, 11) is 1.55. The average molecular weight is 401 g/mol. The van der Waals surface area contributed by atoms with E-state index in [0.717, 1.165) is 0 Å². The van der Waals surface area contributed by atoms with Crippen LogP contribution >= 0.6 is 11.8 Å². The van der Waals surface area contributed by atoms with Gasteiger partial charge in [0.25, 0.3) is 5.56 Å². The van der Waals surface area contributed by atoms with E-state index >= 15 is 0 Å². The van der Waals surface area contributed by atoms with Gasteiger partial charge in [0.15, 0.2) is 10.9 Å². The third-order valence-corrected chi connectivity index (χ3v) is 5.41. The topological polar surface area (TPSA) is 93.1 Å². The second-order valence-electron chi connectivity index (χ2n) is 6.26. The molecule has 4 aromatic rings. The molecule has 4 rings (SSSR count). The molecule has 29 heavy (non-hydrogen) atoms. The van der Waals surface area contributed by atoms with Crippen LogP contribution in [0.1, 0.15) is 15.9 Å². The fourth-order valence-corrected chi connectivity index (χ4v) is 3.88. The number of aryl methyl sites for hydroxylation is 1. The van der Waals surface area contributed by atoms with E-state index in [2.05, 4.69) is 10.2 Å². The van der Waals surface area contributed by atoms with Crippen LogP contribution in [0.15, 0.2) is 70.6 Å². The first kappa shape index (κ1) is 18.7. The van der Waals surface area contributed by atoms with Crippen LogP contribution in [0.5, 0.6) is 0 Å². The van der Waals surface area contributed by atoms with E-state index in [4.69, 9.17) is 0 Å². The lowest BCUT2D eigenvalue weighted by molar-refractivity contribution is 0.102. The summed E-state index contributed by atoms with van der Waals surface area (Å²) in [6.45, 7) is 0. The SMILES string of the molecule is Cn1c(=O)c(C#N)c(-c2ccccc2)n2c(SCC(=O)c3ccccc3)nnc12. The van der Waals surface area contributed by atoms with E-state index < -0.39 is 5.56 Å². The number of thioether (sulfide) groups is 1. The van der Waals surface area contributed by atoms with Crippen LogP contribution in [0, 0.1) is 11.3 Å². The zero-order valence-electron chi connectivity index (χ0n) is 15.4. The molecule has 0 aliphatic carbocycles. The van der Waals surface area contributed by atoms with Gasteiger partial charge in [-0.3, -0.25) is 18.6 Å². The molecule has 2 aromatic carbocycles. The minimum absolute atomic E-state index is 0.00207. The Morgan fingerprint density at radius 3 is 2.38 bits per heavy atom. The number of hydrogen-bond donors (Lipinski definition) is 0. The van der Waals surface area contributed by atoms with E-state index in [1.54, 1.807) is 23.6 Å². The lowest BCUT2D eigenvalue weighted by Crippen LogP contribution is -2.24. The number of nitrogens with zero attached hydrogens (tertiary/aromatic N) is 5. The first-order chi connectivity index (χ1) is 14.1. The molecule has 7 nitrogen and oxygen atoms in total. The minimum Gasteiger partial charge on any atom is -0.293 e. The number of ketones is 1. The molecule has 0 radical (unpaired) electrons. The molecule has 0 aliphatic rings. The number of benzene rings is 2. The molecule has 0 spiro atoms.